The third kappa shape index (κ3) is 4.80. The second kappa shape index (κ2) is 10.8. The molecule has 0 heterocycles. The molecule has 1 atom stereocenters. The molecule has 0 radical (unpaired) electrons. The van der Waals surface area contributed by atoms with E-state index in [9.17, 15) is 19.2 Å². The van der Waals surface area contributed by atoms with Crippen LogP contribution in [0.4, 0.5) is 5.69 Å². The summed E-state index contributed by atoms with van der Waals surface area (Å²) in [7, 11) is 0. The van der Waals surface area contributed by atoms with E-state index >= 15 is 0 Å². The van der Waals surface area contributed by atoms with Crippen LogP contribution in [-0.4, -0.2) is 30.4 Å². The smallest absolute Gasteiger partial charge is 0.346 e. The van der Waals surface area contributed by atoms with Gasteiger partial charge in [-0.1, -0.05) is 60.7 Å². The standard InChI is InChI=1S/C34H27NO6/c1-2-40-32(37)20-15-17-21(18-16-20)35-31(36)26-13-7-8-14-27(26)33(38)41-34(39)29-19-28-22-9-3-5-11-24(22)30(29)25-12-6-4-10-23(25)28/h3-18,28-30H,2,19H2,1H3,(H,35,36). The molecule has 204 valence electrons. The molecule has 3 aliphatic carbocycles. The van der Waals surface area contributed by atoms with E-state index in [0.717, 1.165) is 11.1 Å². The molecule has 1 unspecified atom stereocenters. The number of nitrogens with one attached hydrogen (secondary N) is 1. The number of esters is 3. The van der Waals surface area contributed by atoms with Crippen molar-refractivity contribution in [2.75, 3.05) is 11.9 Å². The summed E-state index contributed by atoms with van der Waals surface area (Å²) in [6.45, 7) is 1.98. The lowest BCUT2D eigenvalue weighted by Gasteiger charge is -2.44. The Labute approximate surface area is 237 Å². The van der Waals surface area contributed by atoms with Crippen LogP contribution in [0.3, 0.4) is 0 Å². The molecule has 0 saturated carbocycles. The van der Waals surface area contributed by atoms with Gasteiger partial charge >= 0.3 is 17.9 Å². The maximum Gasteiger partial charge on any atom is 0.346 e. The number of carbonyl (C=O) groups excluding carboxylic acids is 4. The van der Waals surface area contributed by atoms with Gasteiger partial charge in [-0.05, 0) is 72.0 Å². The lowest BCUT2D eigenvalue weighted by atomic mass is 9.59. The van der Waals surface area contributed by atoms with E-state index in [0.29, 0.717) is 17.7 Å². The molecular weight excluding hydrogens is 518 g/mol. The largest absolute Gasteiger partial charge is 0.462 e. The fraction of sp³-hybridized carbons (Fsp3) is 0.176. The molecule has 3 aliphatic rings. The average molecular weight is 546 g/mol. The highest BCUT2D eigenvalue weighted by atomic mass is 16.6. The highest BCUT2D eigenvalue weighted by Crippen LogP contribution is 2.55. The second-order valence-electron chi connectivity index (χ2n) is 10.1. The fourth-order valence-electron chi connectivity index (χ4n) is 6.05. The number of ether oxygens (including phenoxy) is 2. The average Bonchev–Trinajstić information content (AvgIpc) is 3.01. The van der Waals surface area contributed by atoms with Crippen molar-refractivity contribution in [2.24, 2.45) is 5.92 Å². The van der Waals surface area contributed by atoms with Crippen LogP contribution in [0.25, 0.3) is 0 Å². The normalized spacial score (nSPS) is 18.0. The number of benzene rings is 4. The first kappa shape index (κ1) is 26.2. The van der Waals surface area contributed by atoms with E-state index in [4.69, 9.17) is 9.47 Å². The zero-order chi connectivity index (χ0) is 28.5. The Morgan fingerprint density at radius 2 is 1.27 bits per heavy atom. The molecule has 0 aliphatic heterocycles. The van der Waals surface area contributed by atoms with Crippen LogP contribution in [0, 0.1) is 5.92 Å². The van der Waals surface area contributed by atoms with Crippen molar-refractivity contribution in [1.29, 1.82) is 0 Å². The van der Waals surface area contributed by atoms with Crippen LogP contribution in [0.2, 0.25) is 0 Å². The van der Waals surface area contributed by atoms with Gasteiger partial charge in [0.05, 0.1) is 29.2 Å². The van der Waals surface area contributed by atoms with Gasteiger partial charge in [0.1, 0.15) is 0 Å². The predicted molar refractivity (Wildman–Crippen MR) is 152 cm³/mol. The molecule has 1 N–H and O–H groups in total. The maximum absolute atomic E-state index is 13.5. The Morgan fingerprint density at radius 3 is 1.88 bits per heavy atom. The summed E-state index contributed by atoms with van der Waals surface area (Å²) in [5, 5.41) is 2.73. The van der Waals surface area contributed by atoms with Crippen LogP contribution in [0.5, 0.6) is 0 Å². The minimum Gasteiger partial charge on any atom is -0.462 e. The second-order valence-corrected chi connectivity index (χ2v) is 10.1. The zero-order valence-corrected chi connectivity index (χ0v) is 22.3. The summed E-state index contributed by atoms with van der Waals surface area (Å²) < 4.78 is 10.4. The molecule has 7 heteroatoms. The first-order valence-corrected chi connectivity index (χ1v) is 13.6. The number of hydrogen-bond acceptors (Lipinski definition) is 6. The number of fused-ring (bicyclic) bond motifs is 1. The number of amides is 1. The molecule has 1 amide bonds. The lowest BCUT2D eigenvalue weighted by molar-refractivity contribution is -0.144. The SMILES string of the molecule is CCOC(=O)c1ccc(NC(=O)c2ccccc2C(=O)OC(=O)C2CC3c4ccccc4C2c2ccccc23)cc1. The van der Waals surface area contributed by atoms with Crippen molar-refractivity contribution in [3.8, 4) is 0 Å². The molecule has 0 fully saturated rings. The Kier molecular flexibility index (Phi) is 6.93. The first-order valence-electron chi connectivity index (χ1n) is 13.6. The van der Waals surface area contributed by atoms with E-state index in [2.05, 4.69) is 17.4 Å². The Hall–Kier alpha value is -5.04. The number of anilines is 1. The molecule has 0 spiro atoms. The number of hydrogen-bond donors (Lipinski definition) is 1. The maximum atomic E-state index is 13.5. The van der Waals surface area contributed by atoms with Crippen LogP contribution in [-0.2, 0) is 14.3 Å². The van der Waals surface area contributed by atoms with Crippen molar-refractivity contribution >= 4 is 29.5 Å². The van der Waals surface area contributed by atoms with Crippen LogP contribution < -0.4 is 5.32 Å². The van der Waals surface area contributed by atoms with Crippen molar-refractivity contribution in [1.82, 2.24) is 0 Å². The van der Waals surface area contributed by atoms with E-state index < -0.39 is 29.7 Å². The highest BCUT2D eigenvalue weighted by molar-refractivity contribution is 6.12. The van der Waals surface area contributed by atoms with Gasteiger partial charge < -0.3 is 14.8 Å². The van der Waals surface area contributed by atoms with Gasteiger partial charge in [0.25, 0.3) is 5.91 Å². The van der Waals surface area contributed by atoms with Gasteiger partial charge in [-0.25, -0.2) is 9.59 Å². The molecule has 0 aromatic heterocycles. The minimum absolute atomic E-state index is 0.0109. The summed E-state index contributed by atoms with van der Waals surface area (Å²) in [5.41, 5.74) is 5.44. The fourth-order valence-corrected chi connectivity index (χ4v) is 6.05. The summed E-state index contributed by atoms with van der Waals surface area (Å²) in [5.74, 6) is -3.15. The van der Waals surface area contributed by atoms with Gasteiger partial charge in [-0.15, -0.1) is 0 Å². The molecule has 4 aromatic carbocycles. The predicted octanol–water partition coefficient (Wildman–Crippen LogP) is 6.10. The van der Waals surface area contributed by atoms with Gasteiger partial charge in [-0.3, -0.25) is 9.59 Å². The first-order chi connectivity index (χ1) is 20.0. The van der Waals surface area contributed by atoms with Crippen LogP contribution in [0.1, 0.15) is 78.5 Å². The van der Waals surface area contributed by atoms with Gasteiger partial charge in [0, 0.05) is 17.5 Å². The third-order valence-electron chi connectivity index (χ3n) is 7.85. The topological polar surface area (TPSA) is 98.8 Å². The molecule has 7 nitrogen and oxygen atoms in total. The molecule has 7 rings (SSSR count). The lowest BCUT2D eigenvalue weighted by Crippen LogP contribution is -2.38. The van der Waals surface area contributed by atoms with E-state index in [1.54, 1.807) is 43.3 Å². The molecule has 0 saturated heterocycles. The van der Waals surface area contributed by atoms with Crippen LogP contribution >= 0.6 is 0 Å². The molecule has 41 heavy (non-hydrogen) atoms. The van der Waals surface area contributed by atoms with Crippen LogP contribution in [0.15, 0.2) is 97.1 Å². The summed E-state index contributed by atoms with van der Waals surface area (Å²) in [4.78, 5) is 51.8. The monoisotopic (exact) mass is 545 g/mol. The van der Waals surface area contributed by atoms with Gasteiger partial charge in [0.2, 0.25) is 0 Å². The third-order valence-corrected chi connectivity index (χ3v) is 7.85. The number of rotatable bonds is 6. The van der Waals surface area contributed by atoms with Crippen molar-refractivity contribution in [3.05, 3.63) is 136 Å². The van der Waals surface area contributed by atoms with E-state index in [1.165, 1.54) is 23.3 Å². The Balaban J connectivity index is 1.20. The highest BCUT2D eigenvalue weighted by Gasteiger charge is 2.47. The summed E-state index contributed by atoms with van der Waals surface area (Å²) >= 11 is 0. The Bertz CT molecular complexity index is 1630. The quantitative estimate of drug-likeness (QED) is 0.232. The minimum atomic E-state index is -0.874. The van der Waals surface area contributed by atoms with Gasteiger partial charge in [0.15, 0.2) is 0 Å². The van der Waals surface area contributed by atoms with E-state index in [-0.39, 0.29) is 29.6 Å². The van der Waals surface area contributed by atoms with Gasteiger partial charge in [-0.2, -0.15) is 0 Å². The summed E-state index contributed by atoms with van der Waals surface area (Å²) in [6, 6.07) is 28.7. The molecular formula is C34H27NO6. The number of carbonyl (C=O) groups is 4. The Morgan fingerprint density at radius 1 is 0.707 bits per heavy atom. The molecule has 4 aromatic rings. The van der Waals surface area contributed by atoms with Crippen molar-refractivity contribution < 1.29 is 28.7 Å². The zero-order valence-electron chi connectivity index (χ0n) is 22.3. The van der Waals surface area contributed by atoms with Crippen molar-refractivity contribution in [2.45, 2.75) is 25.2 Å². The van der Waals surface area contributed by atoms with Crippen molar-refractivity contribution in [3.63, 3.8) is 0 Å². The van der Waals surface area contributed by atoms with E-state index in [1.807, 2.05) is 36.4 Å². The summed E-state index contributed by atoms with van der Waals surface area (Å²) in [6.07, 6.45) is 0.550. The molecule has 2 bridgehead atoms.